The van der Waals surface area contributed by atoms with Crippen LogP contribution >= 0.6 is 0 Å². The van der Waals surface area contributed by atoms with Crippen molar-refractivity contribution in [1.82, 2.24) is 14.5 Å². The van der Waals surface area contributed by atoms with Gasteiger partial charge in [0.2, 0.25) is 0 Å². The molecule has 0 atom stereocenters. The van der Waals surface area contributed by atoms with Gasteiger partial charge in [-0.15, -0.1) is 0 Å². The van der Waals surface area contributed by atoms with Crippen LogP contribution in [0.2, 0.25) is 0 Å². The molecule has 80 valence electrons. The average Bonchev–Trinajstić information content (AvgIpc) is 2.59. The number of fused-ring (bicyclic) bond motifs is 1. The van der Waals surface area contributed by atoms with E-state index in [1.807, 2.05) is 13.2 Å². The Hall–Kier alpha value is -1.38. The van der Waals surface area contributed by atoms with Crippen molar-refractivity contribution in [1.29, 1.82) is 0 Å². The van der Waals surface area contributed by atoms with Crippen LogP contribution in [0.5, 0.6) is 0 Å². The van der Waals surface area contributed by atoms with Gasteiger partial charge in [0.25, 0.3) is 0 Å². The highest BCUT2D eigenvalue weighted by Gasteiger charge is 2.10. The van der Waals surface area contributed by atoms with Crippen LogP contribution in [0, 0.1) is 0 Å². The molecule has 0 bridgehead atoms. The summed E-state index contributed by atoms with van der Waals surface area (Å²) in [5.74, 6) is 1.33. The number of aromatic nitrogens is 3. The second-order valence-corrected chi connectivity index (χ2v) is 4.20. The minimum absolute atomic E-state index is 0.384. The number of hydrogen-bond acceptors (Lipinski definition) is 2. The third-order valence-electron chi connectivity index (χ3n) is 2.67. The van der Waals surface area contributed by atoms with Crippen LogP contribution < -0.4 is 0 Å². The monoisotopic (exact) mass is 203 g/mol. The first-order valence-corrected chi connectivity index (χ1v) is 5.45. The first-order valence-electron chi connectivity index (χ1n) is 5.45. The molecule has 0 aliphatic heterocycles. The summed E-state index contributed by atoms with van der Waals surface area (Å²) in [5, 5.41) is 1.18. The molecule has 2 aromatic rings. The molecule has 2 rings (SSSR count). The van der Waals surface area contributed by atoms with Gasteiger partial charge in [0, 0.05) is 24.5 Å². The van der Waals surface area contributed by atoms with Crippen LogP contribution in [-0.4, -0.2) is 14.5 Å². The van der Waals surface area contributed by atoms with Crippen LogP contribution in [0.25, 0.3) is 11.0 Å². The molecule has 0 N–H and O–H groups in total. The number of aryl methyl sites for hydroxylation is 2. The van der Waals surface area contributed by atoms with Gasteiger partial charge in [-0.2, -0.15) is 0 Å². The van der Waals surface area contributed by atoms with Crippen molar-refractivity contribution in [2.24, 2.45) is 7.05 Å². The third kappa shape index (κ3) is 1.62. The number of rotatable bonds is 2. The normalized spacial score (nSPS) is 11.5. The second-order valence-electron chi connectivity index (χ2n) is 4.20. The predicted molar refractivity (Wildman–Crippen MR) is 62.0 cm³/mol. The number of nitrogens with zero attached hydrogens (tertiary/aromatic N) is 3. The van der Waals surface area contributed by atoms with Gasteiger partial charge >= 0.3 is 0 Å². The molecule has 0 aromatic carbocycles. The van der Waals surface area contributed by atoms with E-state index >= 15 is 0 Å². The molecule has 0 radical (unpaired) electrons. The lowest BCUT2D eigenvalue weighted by molar-refractivity contribution is 0.762. The van der Waals surface area contributed by atoms with E-state index in [1.165, 1.54) is 5.39 Å². The fourth-order valence-corrected chi connectivity index (χ4v) is 1.75. The molecule has 0 spiro atoms. The largest absolute Gasteiger partial charge is 0.335 e. The maximum Gasteiger partial charge on any atom is 0.143 e. The Bertz CT molecular complexity index is 483. The van der Waals surface area contributed by atoms with Crippen LogP contribution in [0.4, 0.5) is 0 Å². The number of hydrogen-bond donors (Lipinski definition) is 0. The van der Waals surface area contributed by atoms with Crippen molar-refractivity contribution in [3.63, 3.8) is 0 Å². The maximum absolute atomic E-state index is 4.61. The quantitative estimate of drug-likeness (QED) is 0.751. The topological polar surface area (TPSA) is 30.7 Å². The van der Waals surface area contributed by atoms with Gasteiger partial charge in [-0.25, -0.2) is 9.97 Å². The smallest absolute Gasteiger partial charge is 0.143 e. The van der Waals surface area contributed by atoms with Gasteiger partial charge in [-0.1, -0.05) is 20.8 Å². The summed E-state index contributed by atoms with van der Waals surface area (Å²) in [4.78, 5) is 9.20. The van der Waals surface area contributed by atoms with Crippen LogP contribution in [-0.2, 0) is 13.5 Å². The second kappa shape index (κ2) is 3.65. The van der Waals surface area contributed by atoms with Crippen molar-refractivity contribution in [3.8, 4) is 0 Å². The highest BCUT2D eigenvalue weighted by atomic mass is 15.0. The molecule has 0 aliphatic rings. The Morgan fingerprint density at radius 2 is 2.07 bits per heavy atom. The summed E-state index contributed by atoms with van der Waals surface area (Å²) in [6, 6.07) is 2.10. The van der Waals surface area contributed by atoms with E-state index in [4.69, 9.17) is 0 Å². The molecule has 3 heteroatoms. The van der Waals surface area contributed by atoms with E-state index in [1.54, 1.807) is 0 Å². The summed E-state index contributed by atoms with van der Waals surface area (Å²) in [6.07, 6.45) is 3.01. The van der Waals surface area contributed by atoms with Gasteiger partial charge in [0.15, 0.2) is 0 Å². The van der Waals surface area contributed by atoms with Crippen LogP contribution in [0.3, 0.4) is 0 Å². The Kier molecular flexibility index (Phi) is 2.47. The Morgan fingerprint density at radius 1 is 1.33 bits per heavy atom. The van der Waals surface area contributed by atoms with Gasteiger partial charge < -0.3 is 4.57 Å². The predicted octanol–water partition coefficient (Wildman–Crippen LogP) is 2.65. The zero-order chi connectivity index (χ0) is 11.0. The molecule has 0 saturated heterocycles. The molecule has 3 nitrogen and oxygen atoms in total. The van der Waals surface area contributed by atoms with Gasteiger partial charge in [0.05, 0.1) is 5.69 Å². The van der Waals surface area contributed by atoms with Crippen molar-refractivity contribution in [2.75, 3.05) is 0 Å². The molecule has 0 fully saturated rings. The van der Waals surface area contributed by atoms with Crippen LogP contribution in [0.15, 0.2) is 12.3 Å². The lowest BCUT2D eigenvalue weighted by atomic mass is 10.1. The summed E-state index contributed by atoms with van der Waals surface area (Å²) in [7, 11) is 2.03. The Balaban J connectivity index is 2.74. The minimum Gasteiger partial charge on any atom is -0.335 e. The fourth-order valence-electron chi connectivity index (χ4n) is 1.75. The molecule has 0 amide bonds. The molecule has 0 saturated carbocycles. The van der Waals surface area contributed by atoms with Crippen molar-refractivity contribution < 1.29 is 0 Å². The fraction of sp³-hybridized carbons (Fsp3) is 0.500. The molecule has 2 heterocycles. The zero-order valence-corrected chi connectivity index (χ0v) is 9.78. The highest BCUT2D eigenvalue weighted by Crippen LogP contribution is 2.20. The molecule has 0 aliphatic carbocycles. The van der Waals surface area contributed by atoms with E-state index in [-0.39, 0.29) is 0 Å². The van der Waals surface area contributed by atoms with Crippen molar-refractivity contribution >= 4 is 11.0 Å². The van der Waals surface area contributed by atoms with E-state index in [0.717, 1.165) is 23.6 Å². The van der Waals surface area contributed by atoms with Crippen molar-refractivity contribution in [2.45, 2.75) is 33.1 Å². The minimum atomic E-state index is 0.384. The zero-order valence-electron chi connectivity index (χ0n) is 9.78. The van der Waals surface area contributed by atoms with Gasteiger partial charge in [-0.3, -0.25) is 0 Å². The summed E-state index contributed by atoms with van der Waals surface area (Å²) in [6.45, 7) is 6.39. The molecule has 0 unspecified atom stereocenters. The maximum atomic E-state index is 4.61. The molecular formula is C12H17N3. The SMILES string of the molecule is CCc1nc(C(C)C)nc2c1ccn2C. The van der Waals surface area contributed by atoms with E-state index < -0.39 is 0 Å². The summed E-state index contributed by atoms with van der Waals surface area (Å²) >= 11 is 0. The Morgan fingerprint density at radius 3 is 2.67 bits per heavy atom. The van der Waals surface area contributed by atoms with Gasteiger partial charge in [-0.05, 0) is 12.5 Å². The lowest BCUT2D eigenvalue weighted by Crippen LogP contribution is -2.03. The van der Waals surface area contributed by atoms with Crippen LogP contribution in [0.1, 0.15) is 38.2 Å². The van der Waals surface area contributed by atoms with E-state index in [2.05, 4.69) is 41.4 Å². The first-order chi connectivity index (χ1) is 7.13. The highest BCUT2D eigenvalue weighted by molar-refractivity contribution is 5.78. The lowest BCUT2D eigenvalue weighted by Gasteiger charge is -2.07. The molecule has 15 heavy (non-hydrogen) atoms. The summed E-state index contributed by atoms with van der Waals surface area (Å²) < 4.78 is 2.06. The average molecular weight is 203 g/mol. The summed E-state index contributed by atoms with van der Waals surface area (Å²) in [5.41, 5.74) is 2.20. The standard InChI is InChI=1S/C12H17N3/c1-5-10-9-6-7-15(4)12(9)14-11(13-10)8(2)3/h6-8H,5H2,1-4H3. The van der Waals surface area contributed by atoms with Gasteiger partial charge in [0.1, 0.15) is 11.5 Å². The van der Waals surface area contributed by atoms with E-state index in [0.29, 0.717) is 5.92 Å². The third-order valence-corrected chi connectivity index (χ3v) is 2.67. The Labute approximate surface area is 90.2 Å². The van der Waals surface area contributed by atoms with E-state index in [9.17, 15) is 0 Å². The van der Waals surface area contributed by atoms with Crippen molar-refractivity contribution in [3.05, 3.63) is 23.8 Å². The molecule has 2 aromatic heterocycles. The first kappa shape index (κ1) is 10.1. The molecular weight excluding hydrogens is 186 g/mol.